The Hall–Kier alpha value is -1.30. The van der Waals surface area contributed by atoms with Crippen molar-refractivity contribution in [2.45, 2.75) is 38.6 Å². The molecule has 0 spiro atoms. The fourth-order valence-corrected chi connectivity index (χ4v) is 2.86. The summed E-state index contributed by atoms with van der Waals surface area (Å²) in [5.41, 5.74) is 0.190. The fraction of sp³-hybridized carbons (Fsp3) is 0.846. The average Bonchev–Trinajstić information content (AvgIpc) is 2.96. The SMILES string of the molecule is CC1(CNC(=O)NC2COCC2C(=O)O)CCCC1. The highest BCUT2D eigenvalue weighted by Crippen LogP contribution is 2.36. The summed E-state index contributed by atoms with van der Waals surface area (Å²) < 4.78 is 5.11. The Bertz CT molecular complexity index is 353. The predicted octanol–water partition coefficient (Wildman–Crippen LogP) is 0.965. The molecule has 0 aromatic carbocycles. The second-order valence-corrected chi connectivity index (χ2v) is 5.93. The minimum absolute atomic E-state index is 0.165. The highest BCUT2D eigenvalue weighted by atomic mass is 16.5. The molecule has 3 N–H and O–H groups in total. The van der Waals surface area contributed by atoms with Crippen molar-refractivity contribution in [3.05, 3.63) is 0 Å². The molecule has 1 aliphatic heterocycles. The van der Waals surface area contributed by atoms with Gasteiger partial charge in [-0.15, -0.1) is 0 Å². The van der Waals surface area contributed by atoms with E-state index in [0.717, 1.165) is 12.8 Å². The van der Waals surface area contributed by atoms with Crippen molar-refractivity contribution in [3.63, 3.8) is 0 Å². The van der Waals surface area contributed by atoms with E-state index in [0.29, 0.717) is 6.54 Å². The van der Waals surface area contributed by atoms with E-state index < -0.39 is 17.9 Å². The first-order valence-corrected chi connectivity index (χ1v) is 6.85. The Morgan fingerprint density at radius 1 is 1.32 bits per heavy atom. The van der Waals surface area contributed by atoms with E-state index in [1.165, 1.54) is 12.8 Å². The number of rotatable bonds is 4. The Kier molecular flexibility index (Phi) is 4.29. The Labute approximate surface area is 112 Å². The van der Waals surface area contributed by atoms with Crippen molar-refractivity contribution < 1.29 is 19.4 Å². The smallest absolute Gasteiger partial charge is 0.315 e. The quantitative estimate of drug-likeness (QED) is 0.710. The minimum Gasteiger partial charge on any atom is -0.481 e. The number of carboxylic acids is 1. The number of carbonyl (C=O) groups is 2. The van der Waals surface area contributed by atoms with Crippen LogP contribution in [0, 0.1) is 11.3 Å². The Balaban J connectivity index is 1.76. The molecule has 1 heterocycles. The van der Waals surface area contributed by atoms with Crippen molar-refractivity contribution in [1.82, 2.24) is 10.6 Å². The molecule has 2 amide bonds. The first-order chi connectivity index (χ1) is 9.00. The number of hydrogen-bond donors (Lipinski definition) is 3. The third kappa shape index (κ3) is 3.59. The van der Waals surface area contributed by atoms with Gasteiger partial charge in [0.05, 0.1) is 19.3 Å². The molecule has 2 rings (SSSR count). The van der Waals surface area contributed by atoms with Gasteiger partial charge in [-0.05, 0) is 18.3 Å². The zero-order valence-corrected chi connectivity index (χ0v) is 11.3. The van der Waals surface area contributed by atoms with Crippen LogP contribution in [-0.4, -0.2) is 42.9 Å². The molecule has 0 aromatic heterocycles. The molecule has 2 aliphatic rings. The molecule has 0 aromatic rings. The van der Waals surface area contributed by atoms with Crippen LogP contribution < -0.4 is 10.6 Å². The predicted molar refractivity (Wildman–Crippen MR) is 68.8 cm³/mol. The first-order valence-electron chi connectivity index (χ1n) is 6.85. The lowest BCUT2D eigenvalue weighted by Crippen LogP contribution is -2.49. The molecule has 0 radical (unpaired) electrons. The maximum atomic E-state index is 11.8. The van der Waals surface area contributed by atoms with E-state index >= 15 is 0 Å². The van der Waals surface area contributed by atoms with Crippen molar-refractivity contribution in [1.29, 1.82) is 0 Å². The van der Waals surface area contributed by atoms with Crippen LogP contribution in [0.4, 0.5) is 4.79 Å². The molecule has 1 saturated carbocycles. The summed E-state index contributed by atoms with van der Waals surface area (Å²) in [5, 5.41) is 14.5. The molecular formula is C13H22N2O4. The number of amides is 2. The van der Waals surface area contributed by atoms with Crippen molar-refractivity contribution in [3.8, 4) is 0 Å². The number of ether oxygens (including phenoxy) is 1. The summed E-state index contributed by atoms with van der Waals surface area (Å²) in [6, 6.07) is -0.733. The van der Waals surface area contributed by atoms with E-state index in [9.17, 15) is 9.59 Å². The summed E-state index contributed by atoms with van der Waals surface area (Å²) in [6.45, 7) is 3.25. The van der Waals surface area contributed by atoms with Crippen LogP contribution in [0.3, 0.4) is 0 Å². The third-order valence-corrected chi connectivity index (χ3v) is 4.20. The monoisotopic (exact) mass is 270 g/mol. The van der Waals surface area contributed by atoms with Crippen molar-refractivity contribution >= 4 is 12.0 Å². The van der Waals surface area contributed by atoms with Crippen LogP contribution in [0.25, 0.3) is 0 Å². The summed E-state index contributed by atoms with van der Waals surface area (Å²) in [5.74, 6) is -1.57. The molecule has 2 fully saturated rings. The molecule has 2 unspecified atom stereocenters. The maximum absolute atomic E-state index is 11.8. The number of urea groups is 1. The summed E-state index contributed by atoms with van der Waals surface area (Å²) in [7, 11) is 0. The minimum atomic E-state index is -0.925. The second kappa shape index (κ2) is 5.77. The van der Waals surface area contributed by atoms with Gasteiger partial charge in [-0.2, -0.15) is 0 Å². The first kappa shape index (κ1) is 14.1. The highest BCUT2D eigenvalue weighted by Gasteiger charge is 2.35. The third-order valence-electron chi connectivity index (χ3n) is 4.20. The number of carbonyl (C=O) groups excluding carboxylic acids is 1. The molecule has 19 heavy (non-hydrogen) atoms. The van der Waals surface area contributed by atoms with Gasteiger partial charge in [0.25, 0.3) is 0 Å². The van der Waals surface area contributed by atoms with E-state index in [1.54, 1.807) is 0 Å². The average molecular weight is 270 g/mol. The number of hydrogen-bond acceptors (Lipinski definition) is 3. The highest BCUT2D eigenvalue weighted by molar-refractivity contribution is 5.77. The molecular weight excluding hydrogens is 248 g/mol. The largest absolute Gasteiger partial charge is 0.481 e. The van der Waals surface area contributed by atoms with Crippen LogP contribution in [0.1, 0.15) is 32.6 Å². The van der Waals surface area contributed by atoms with Crippen LogP contribution in [0.2, 0.25) is 0 Å². The fourth-order valence-electron chi connectivity index (χ4n) is 2.86. The van der Waals surface area contributed by atoms with Gasteiger partial charge in [0.15, 0.2) is 0 Å². The van der Waals surface area contributed by atoms with Gasteiger partial charge in [0, 0.05) is 6.54 Å². The molecule has 1 aliphatic carbocycles. The number of nitrogens with one attached hydrogen (secondary N) is 2. The van der Waals surface area contributed by atoms with E-state index in [1.807, 2.05) is 0 Å². The molecule has 6 nitrogen and oxygen atoms in total. The Morgan fingerprint density at radius 3 is 2.63 bits per heavy atom. The van der Waals surface area contributed by atoms with Crippen molar-refractivity contribution in [2.24, 2.45) is 11.3 Å². The van der Waals surface area contributed by atoms with Gasteiger partial charge < -0.3 is 20.5 Å². The summed E-state index contributed by atoms with van der Waals surface area (Å²) in [6.07, 6.45) is 4.71. The van der Waals surface area contributed by atoms with Gasteiger partial charge in [-0.1, -0.05) is 19.8 Å². The lowest BCUT2D eigenvalue weighted by atomic mass is 9.89. The van der Waals surface area contributed by atoms with Crippen LogP contribution in [-0.2, 0) is 9.53 Å². The van der Waals surface area contributed by atoms with Crippen LogP contribution in [0.5, 0.6) is 0 Å². The van der Waals surface area contributed by atoms with Crippen LogP contribution in [0.15, 0.2) is 0 Å². The number of aliphatic carboxylic acids is 1. The van der Waals surface area contributed by atoms with Gasteiger partial charge in [0.2, 0.25) is 0 Å². The summed E-state index contributed by atoms with van der Waals surface area (Å²) in [4.78, 5) is 22.8. The van der Waals surface area contributed by atoms with E-state index in [4.69, 9.17) is 9.84 Å². The molecule has 1 saturated heterocycles. The van der Waals surface area contributed by atoms with Gasteiger partial charge in [-0.25, -0.2) is 4.79 Å². The molecule has 2 atom stereocenters. The molecule has 0 bridgehead atoms. The lowest BCUT2D eigenvalue weighted by Gasteiger charge is -2.24. The van der Waals surface area contributed by atoms with Gasteiger partial charge >= 0.3 is 12.0 Å². The topological polar surface area (TPSA) is 87.7 Å². The normalized spacial score (nSPS) is 29.1. The maximum Gasteiger partial charge on any atom is 0.315 e. The summed E-state index contributed by atoms with van der Waals surface area (Å²) >= 11 is 0. The second-order valence-electron chi connectivity index (χ2n) is 5.93. The Morgan fingerprint density at radius 2 is 2.00 bits per heavy atom. The van der Waals surface area contributed by atoms with Crippen molar-refractivity contribution in [2.75, 3.05) is 19.8 Å². The zero-order valence-electron chi connectivity index (χ0n) is 11.3. The lowest BCUT2D eigenvalue weighted by molar-refractivity contribution is -0.142. The standard InChI is InChI=1S/C13H22N2O4/c1-13(4-2-3-5-13)8-14-12(18)15-10-7-19-6-9(10)11(16)17/h9-10H,2-8H2,1H3,(H,16,17)(H2,14,15,18). The van der Waals surface area contributed by atoms with E-state index in [-0.39, 0.29) is 24.7 Å². The van der Waals surface area contributed by atoms with Gasteiger partial charge in [0.1, 0.15) is 5.92 Å². The van der Waals surface area contributed by atoms with Gasteiger partial charge in [-0.3, -0.25) is 4.79 Å². The number of carboxylic acid groups (broad SMARTS) is 1. The molecule has 108 valence electrons. The van der Waals surface area contributed by atoms with E-state index in [2.05, 4.69) is 17.6 Å². The molecule has 6 heteroatoms. The zero-order chi connectivity index (χ0) is 13.9. The van der Waals surface area contributed by atoms with Crippen LogP contribution >= 0.6 is 0 Å².